The van der Waals surface area contributed by atoms with Gasteiger partial charge in [-0.05, 0) is 102 Å². The maximum atomic E-state index is 12.8. The third-order valence-electron chi connectivity index (χ3n) is 8.44. The smallest absolute Gasteiger partial charge is 0.410 e. The van der Waals surface area contributed by atoms with Crippen molar-refractivity contribution >= 4 is 56.3 Å². The monoisotopic (exact) mass is 706 g/mol. The van der Waals surface area contributed by atoms with Gasteiger partial charge in [0.2, 0.25) is 0 Å². The normalized spacial score (nSPS) is 18.1. The lowest BCUT2D eigenvalue weighted by Crippen LogP contribution is -2.36. The molecule has 2 aliphatic heterocycles. The third-order valence-corrected chi connectivity index (χ3v) is 8.44. The molecule has 49 heavy (non-hydrogen) atoms. The molecule has 2 aliphatic rings. The molecule has 4 heterocycles. The number of nitrogens with zero attached hydrogens (tertiary/aromatic N) is 4. The molecule has 4 aromatic rings. The Kier molecular flexibility index (Phi) is 11.9. The lowest BCUT2D eigenvalue weighted by atomic mass is 10.1. The zero-order chi connectivity index (χ0) is 33.3. The van der Waals surface area contributed by atoms with Crippen LogP contribution in [0.5, 0.6) is 0 Å². The first-order chi connectivity index (χ1) is 22.3. The number of allylic oxidation sites excluding steroid dienone is 1. The zero-order valence-electron chi connectivity index (χ0n) is 29.3. The molecule has 2 atom stereocenters. The van der Waals surface area contributed by atoms with Crippen molar-refractivity contribution in [1.82, 2.24) is 29.7 Å². The number of aromatic nitrogens is 4. The van der Waals surface area contributed by atoms with Gasteiger partial charge in [-0.3, -0.25) is 9.80 Å². The number of amides is 2. The Morgan fingerprint density at radius 1 is 0.837 bits per heavy atom. The number of hydrogen-bond acceptors (Lipinski definition) is 6. The molecule has 0 spiro atoms. The van der Waals surface area contributed by atoms with E-state index >= 15 is 0 Å². The second-order valence-corrected chi connectivity index (χ2v) is 14.5. The first-order valence-corrected chi connectivity index (χ1v) is 16.6. The summed E-state index contributed by atoms with van der Waals surface area (Å²) in [5.74, 6) is 1.60. The number of benzene rings is 2. The fourth-order valence-electron chi connectivity index (χ4n) is 6.29. The summed E-state index contributed by atoms with van der Waals surface area (Å²) in [6.45, 7) is 12.7. The maximum absolute atomic E-state index is 12.8. The van der Waals surface area contributed by atoms with Crippen LogP contribution in [0.1, 0.15) is 102 Å². The minimum Gasteiger partial charge on any atom is -0.444 e. The predicted octanol–water partition coefficient (Wildman–Crippen LogP) is 8.58. The highest BCUT2D eigenvalue weighted by Crippen LogP contribution is 2.34. The van der Waals surface area contributed by atoms with E-state index in [0.29, 0.717) is 13.1 Å². The van der Waals surface area contributed by atoms with E-state index in [1.807, 2.05) is 53.8 Å². The molecule has 12 heteroatoms. The summed E-state index contributed by atoms with van der Waals surface area (Å²) in [4.78, 5) is 45.5. The number of nitrogens with one attached hydrogen (secondary N) is 2. The average Bonchev–Trinajstić information content (AvgIpc) is 3.81. The molecule has 2 aromatic carbocycles. The number of carbonyl (C=O) groups is 2. The van der Waals surface area contributed by atoms with Crippen LogP contribution < -0.4 is 0 Å². The van der Waals surface area contributed by atoms with Crippen LogP contribution >= 0.6 is 27.0 Å². The van der Waals surface area contributed by atoms with Gasteiger partial charge in [-0.15, -0.1) is 0 Å². The number of imidazole rings is 2. The summed E-state index contributed by atoms with van der Waals surface area (Å²) in [7, 11) is 0. The second-order valence-electron chi connectivity index (χ2n) is 14.5. The highest BCUT2D eigenvalue weighted by atomic mass is 32.1. The van der Waals surface area contributed by atoms with Crippen molar-refractivity contribution < 1.29 is 19.1 Å². The molecule has 2 saturated heterocycles. The molecule has 2 fully saturated rings. The molecule has 2 amide bonds. The lowest BCUT2D eigenvalue weighted by molar-refractivity contribution is 0.0208. The maximum Gasteiger partial charge on any atom is 0.410 e. The lowest BCUT2D eigenvalue weighted by Gasteiger charge is -2.27. The van der Waals surface area contributed by atoms with E-state index in [9.17, 15) is 9.59 Å². The Hall–Kier alpha value is -3.90. The highest BCUT2D eigenvalue weighted by Gasteiger charge is 2.36. The second kappa shape index (κ2) is 15.3. The van der Waals surface area contributed by atoms with E-state index < -0.39 is 11.2 Å². The number of fused-ring (bicyclic) bond motifs is 1. The van der Waals surface area contributed by atoms with Gasteiger partial charge in [-0.1, -0.05) is 42.5 Å². The van der Waals surface area contributed by atoms with Crippen molar-refractivity contribution in [3.63, 3.8) is 0 Å². The van der Waals surface area contributed by atoms with Crippen molar-refractivity contribution in [2.75, 3.05) is 13.1 Å². The van der Waals surface area contributed by atoms with Gasteiger partial charge in [0.1, 0.15) is 22.9 Å². The first kappa shape index (κ1) is 37.9. The van der Waals surface area contributed by atoms with Gasteiger partial charge in [-0.2, -0.15) is 27.0 Å². The summed E-state index contributed by atoms with van der Waals surface area (Å²) >= 11 is 0. The van der Waals surface area contributed by atoms with E-state index in [1.54, 1.807) is 9.80 Å². The Morgan fingerprint density at radius 2 is 1.43 bits per heavy atom. The predicted molar refractivity (Wildman–Crippen MR) is 203 cm³/mol. The number of H-pyrrole nitrogens is 2. The van der Waals surface area contributed by atoms with Gasteiger partial charge in [0, 0.05) is 13.1 Å². The van der Waals surface area contributed by atoms with Crippen molar-refractivity contribution in [1.29, 1.82) is 0 Å². The molecule has 0 unspecified atom stereocenters. The zero-order valence-corrected chi connectivity index (χ0v) is 31.3. The van der Waals surface area contributed by atoms with Gasteiger partial charge < -0.3 is 19.4 Å². The van der Waals surface area contributed by atoms with Gasteiger partial charge in [0.05, 0.1) is 35.0 Å². The van der Waals surface area contributed by atoms with E-state index in [2.05, 4.69) is 63.5 Å². The number of hydrogen-bond donors (Lipinski definition) is 2. The van der Waals surface area contributed by atoms with E-state index in [0.717, 1.165) is 71.6 Å². The van der Waals surface area contributed by atoms with E-state index in [-0.39, 0.29) is 51.3 Å². The molecular formula is C37H50N6O4S2. The molecule has 0 bridgehead atoms. The Labute approximate surface area is 303 Å². The van der Waals surface area contributed by atoms with Gasteiger partial charge >= 0.3 is 12.2 Å². The van der Waals surface area contributed by atoms with Crippen molar-refractivity contribution in [2.24, 2.45) is 0 Å². The molecule has 2 aromatic heterocycles. The topological polar surface area (TPSA) is 116 Å². The van der Waals surface area contributed by atoms with Crippen molar-refractivity contribution in [2.45, 2.75) is 96.9 Å². The number of ether oxygens (including phenoxy) is 2. The van der Waals surface area contributed by atoms with Crippen LogP contribution in [0.2, 0.25) is 0 Å². The Morgan fingerprint density at radius 3 is 2.02 bits per heavy atom. The largest absolute Gasteiger partial charge is 0.444 e. The summed E-state index contributed by atoms with van der Waals surface area (Å²) in [5.41, 5.74) is 5.03. The molecule has 0 radical (unpaired) electrons. The van der Waals surface area contributed by atoms with Crippen LogP contribution in [0.4, 0.5) is 9.59 Å². The van der Waals surface area contributed by atoms with E-state index in [1.165, 1.54) is 5.56 Å². The first-order valence-electron chi connectivity index (χ1n) is 16.6. The minimum atomic E-state index is -0.533. The van der Waals surface area contributed by atoms with Gasteiger partial charge in [0.15, 0.2) is 0 Å². The van der Waals surface area contributed by atoms with Crippen molar-refractivity contribution in [3.8, 4) is 11.3 Å². The van der Waals surface area contributed by atoms with Crippen LogP contribution in [0.25, 0.3) is 28.4 Å². The summed E-state index contributed by atoms with van der Waals surface area (Å²) in [6, 6.07) is 14.4. The van der Waals surface area contributed by atoms with Gasteiger partial charge in [0.25, 0.3) is 0 Å². The molecule has 6 rings (SSSR count). The SMILES string of the molecule is CC(C)(C)OC(=O)N1CCC[C@H]1c1ncc(-c2ccc(CC=Cc3ccc4nc([C@@H]5CCCN5C(=O)OC(C)(C)C)[nH]c4c3)cc2)[nH]1.S.S. The van der Waals surface area contributed by atoms with Crippen LogP contribution in [0, 0.1) is 0 Å². The van der Waals surface area contributed by atoms with Crippen LogP contribution in [-0.4, -0.2) is 66.2 Å². The fraction of sp³-hybridized carbons (Fsp3) is 0.459. The summed E-state index contributed by atoms with van der Waals surface area (Å²) in [5, 5.41) is 0. The average molecular weight is 707 g/mol. The summed E-state index contributed by atoms with van der Waals surface area (Å²) < 4.78 is 11.3. The van der Waals surface area contributed by atoms with E-state index in [4.69, 9.17) is 14.5 Å². The van der Waals surface area contributed by atoms with Crippen LogP contribution in [0.15, 0.2) is 54.7 Å². The molecular weight excluding hydrogens is 657 g/mol. The molecule has 2 N–H and O–H groups in total. The molecule has 10 nitrogen and oxygen atoms in total. The summed E-state index contributed by atoms with van der Waals surface area (Å²) in [6.07, 6.45) is 9.90. The standard InChI is InChI=1S/C37H46N6O4.2H2S/c1-36(2,3)46-34(44)42-20-8-12-30(42)32-38-23-29(41-32)26-17-14-24(15-18-26)10-7-11-25-16-19-27-28(22-25)40-33(39-27)31-13-9-21-43(31)35(45)47-37(4,5)6;;/h7,11,14-19,22-23,30-31H,8-10,12-13,20-21H2,1-6H3,(H,38,41)(H,39,40);2*1H2/t30-,31-;;/m0../s1. The number of rotatable bonds is 6. The van der Waals surface area contributed by atoms with Crippen molar-refractivity contribution in [3.05, 3.63) is 77.5 Å². The Bertz CT molecular complexity index is 1770. The number of carbonyl (C=O) groups excluding carboxylic acids is 2. The third kappa shape index (κ3) is 9.21. The number of likely N-dealkylation sites (tertiary alicyclic amines) is 2. The van der Waals surface area contributed by atoms with Gasteiger partial charge in [-0.25, -0.2) is 19.6 Å². The molecule has 0 aliphatic carbocycles. The molecule has 0 saturated carbocycles. The minimum absolute atomic E-state index is 0. The molecule has 264 valence electrons. The highest BCUT2D eigenvalue weighted by molar-refractivity contribution is 7.59. The fourth-order valence-corrected chi connectivity index (χ4v) is 6.29. The number of aromatic amines is 2. The Balaban J connectivity index is 0.00000270. The quantitative estimate of drug-likeness (QED) is 0.208. The van der Waals surface area contributed by atoms with Crippen LogP contribution in [-0.2, 0) is 15.9 Å². The van der Waals surface area contributed by atoms with Crippen LogP contribution in [0.3, 0.4) is 0 Å².